The topological polar surface area (TPSA) is 43.1 Å². The summed E-state index contributed by atoms with van der Waals surface area (Å²) in [5.74, 6) is 0. The Bertz CT molecular complexity index is 588. The molecule has 0 aliphatic carbocycles. The van der Waals surface area contributed by atoms with Gasteiger partial charge < -0.3 is 0 Å². The van der Waals surface area contributed by atoms with Gasteiger partial charge in [0.15, 0.2) is 0 Å². The van der Waals surface area contributed by atoms with Gasteiger partial charge >= 0.3 is 0 Å². The number of hydrogen-bond acceptors (Lipinski definition) is 1. The van der Waals surface area contributed by atoms with Crippen molar-refractivity contribution in [1.29, 1.82) is 0 Å². The lowest BCUT2D eigenvalue weighted by Gasteiger charge is -2.01. The van der Waals surface area contributed by atoms with Gasteiger partial charge in [0.05, 0.1) is 4.90 Å². The van der Waals surface area contributed by atoms with Crippen molar-refractivity contribution < 1.29 is 4.21 Å². The lowest BCUT2D eigenvalue weighted by atomic mass is 10.1. The summed E-state index contributed by atoms with van der Waals surface area (Å²) in [6.45, 7) is 2.06. The van der Waals surface area contributed by atoms with E-state index in [0.29, 0.717) is 4.90 Å². The maximum Gasteiger partial charge on any atom is 0.122 e. The standard InChI is InChI=1S/C15H15NOS/c1-12-6-8-13(9-7-12)10-11-14-4-2-3-5-15(14)18(16)17/h2-11H,16H2,1H3/b11-10+. The minimum absolute atomic E-state index is 0.654. The molecule has 0 aromatic heterocycles. The van der Waals surface area contributed by atoms with Crippen molar-refractivity contribution in [3.05, 3.63) is 65.2 Å². The molecule has 0 bridgehead atoms. The molecule has 2 N–H and O–H groups in total. The molecule has 1 atom stereocenters. The summed E-state index contributed by atoms with van der Waals surface area (Å²) in [5, 5.41) is 5.44. The van der Waals surface area contributed by atoms with Crippen LogP contribution in [0.2, 0.25) is 0 Å². The van der Waals surface area contributed by atoms with E-state index in [4.69, 9.17) is 5.14 Å². The van der Waals surface area contributed by atoms with Gasteiger partial charge in [-0.15, -0.1) is 0 Å². The predicted molar refractivity (Wildman–Crippen MR) is 77.1 cm³/mol. The summed E-state index contributed by atoms with van der Waals surface area (Å²) in [7, 11) is -1.45. The van der Waals surface area contributed by atoms with E-state index in [-0.39, 0.29) is 0 Å². The second-order valence-electron chi connectivity index (χ2n) is 4.08. The molecular formula is C15H15NOS. The van der Waals surface area contributed by atoms with Gasteiger partial charge in [-0.25, -0.2) is 9.35 Å². The maximum absolute atomic E-state index is 11.4. The maximum atomic E-state index is 11.4. The minimum atomic E-state index is -1.45. The highest BCUT2D eigenvalue weighted by atomic mass is 32.2. The van der Waals surface area contributed by atoms with Gasteiger partial charge in [0, 0.05) is 0 Å². The third-order valence-electron chi connectivity index (χ3n) is 2.67. The Kier molecular flexibility index (Phi) is 4.07. The molecule has 0 heterocycles. The third kappa shape index (κ3) is 3.15. The molecule has 0 fully saturated rings. The van der Waals surface area contributed by atoms with E-state index in [1.165, 1.54) is 5.56 Å². The molecule has 3 heteroatoms. The largest absolute Gasteiger partial charge is 0.248 e. The van der Waals surface area contributed by atoms with E-state index >= 15 is 0 Å². The summed E-state index contributed by atoms with van der Waals surface area (Å²) in [5.41, 5.74) is 3.23. The summed E-state index contributed by atoms with van der Waals surface area (Å²) >= 11 is 0. The van der Waals surface area contributed by atoms with Crippen molar-refractivity contribution in [1.82, 2.24) is 0 Å². The lowest BCUT2D eigenvalue weighted by Crippen LogP contribution is -2.04. The molecule has 0 radical (unpaired) electrons. The molecular weight excluding hydrogens is 242 g/mol. The van der Waals surface area contributed by atoms with Crippen molar-refractivity contribution in [2.24, 2.45) is 5.14 Å². The van der Waals surface area contributed by atoms with Crippen molar-refractivity contribution in [2.75, 3.05) is 0 Å². The second kappa shape index (κ2) is 5.76. The lowest BCUT2D eigenvalue weighted by molar-refractivity contribution is 0.684. The summed E-state index contributed by atoms with van der Waals surface area (Å²) in [6.07, 6.45) is 3.93. The predicted octanol–water partition coefficient (Wildman–Crippen LogP) is 3.15. The zero-order valence-corrected chi connectivity index (χ0v) is 11.0. The highest BCUT2D eigenvalue weighted by Gasteiger charge is 2.02. The van der Waals surface area contributed by atoms with Crippen molar-refractivity contribution in [2.45, 2.75) is 11.8 Å². The molecule has 1 unspecified atom stereocenters. The Morgan fingerprint density at radius 3 is 2.33 bits per heavy atom. The number of nitrogens with two attached hydrogens (primary N) is 1. The summed E-state index contributed by atoms with van der Waals surface area (Å²) < 4.78 is 11.4. The van der Waals surface area contributed by atoms with E-state index in [1.807, 2.05) is 42.5 Å². The van der Waals surface area contributed by atoms with Gasteiger partial charge in [-0.1, -0.05) is 60.2 Å². The first-order valence-electron chi connectivity index (χ1n) is 5.67. The van der Waals surface area contributed by atoms with Crippen molar-refractivity contribution in [3.8, 4) is 0 Å². The van der Waals surface area contributed by atoms with E-state index in [9.17, 15) is 4.21 Å². The van der Waals surface area contributed by atoms with Crippen LogP contribution in [0.3, 0.4) is 0 Å². The first-order chi connectivity index (χ1) is 8.66. The zero-order chi connectivity index (χ0) is 13.0. The van der Waals surface area contributed by atoms with Crippen LogP contribution in [0.5, 0.6) is 0 Å². The molecule has 92 valence electrons. The minimum Gasteiger partial charge on any atom is -0.248 e. The highest BCUT2D eigenvalue weighted by molar-refractivity contribution is 7.82. The van der Waals surface area contributed by atoms with E-state index in [1.54, 1.807) is 6.07 Å². The van der Waals surface area contributed by atoms with Gasteiger partial charge in [-0.05, 0) is 24.1 Å². The molecule has 0 saturated carbocycles. The van der Waals surface area contributed by atoms with Crippen LogP contribution in [0.25, 0.3) is 12.2 Å². The van der Waals surface area contributed by atoms with Gasteiger partial charge in [0.25, 0.3) is 0 Å². The summed E-state index contributed by atoms with van der Waals surface area (Å²) in [6, 6.07) is 15.7. The fraction of sp³-hybridized carbons (Fsp3) is 0.0667. The van der Waals surface area contributed by atoms with Gasteiger partial charge in [-0.3, -0.25) is 0 Å². The Labute approximate surface area is 110 Å². The average Bonchev–Trinajstić information content (AvgIpc) is 2.38. The average molecular weight is 257 g/mol. The Hall–Kier alpha value is -1.71. The normalized spacial score (nSPS) is 12.8. The van der Waals surface area contributed by atoms with Crippen LogP contribution < -0.4 is 5.14 Å². The first kappa shape index (κ1) is 12.7. The zero-order valence-electron chi connectivity index (χ0n) is 10.2. The molecule has 0 aliphatic rings. The van der Waals surface area contributed by atoms with E-state index in [2.05, 4.69) is 19.1 Å². The van der Waals surface area contributed by atoms with Crippen LogP contribution in [0.1, 0.15) is 16.7 Å². The van der Waals surface area contributed by atoms with Crippen molar-refractivity contribution in [3.63, 3.8) is 0 Å². The fourth-order valence-corrected chi connectivity index (χ4v) is 2.25. The molecule has 0 spiro atoms. The van der Waals surface area contributed by atoms with Crippen LogP contribution >= 0.6 is 0 Å². The van der Waals surface area contributed by atoms with Gasteiger partial charge in [0.2, 0.25) is 0 Å². The van der Waals surface area contributed by atoms with Gasteiger partial charge in [-0.2, -0.15) is 0 Å². The van der Waals surface area contributed by atoms with Crippen LogP contribution in [-0.4, -0.2) is 4.21 Å². The molecule has 2 aromatic carbocycles. The number of benzene rings is 2. The number of aryl methyl sites for hydroxylation is 1. The quantitative estimate of drug-likeness (QED) is 0.843. The van der Waals surface area contributed by atoms with Crippen LogP contribution in [0.4, 0.5) is 0 Å². The SMILES string of the molecule is Cc1ccc(/C=C/c2ccccc2S(N)=O)cc1. The number of hydrogen-bond donors (Lipinski definition) is 1. The highest BCUT2D eigenvalue weighted by Crippen LogP contribution is 2.15. The smallest absolute Gasteiger partial charge is 0.122 e. The Morgan fingerprint density at radius 2 is 1.67 bits per heavy atom. The van der Waals surface area contributed by atoms with Crippen molar-refractivity contribution >= 4 is 23.1 Å². The van der Waals surface area contributed by atoms with E-state index < -0.39 is 11.0 Å². The van der Waals surface area contributed by atoms with E-state index in [0.717, 1.165) is 11.1 Å². The third-order valence-corrected chi connectivity index (χ3v) is 3.47. The molecule has 0 amide bonds. The Morgan fingerprint density at radius 1 is 1.00 bits per heavy atom. The summed E-state index contributed by atoms with van der Waals surface area (Å²) in [4.78, 5) is 0.654. The van der Waals surface area contributed by atoms with Gasteiger partial charge in [0.1, 0.15) is 11.0 Å². The fourth-order valence-electron chi connectivity index (χ4n) is 1.67. The molecule has 2 nitrogen and oxygen atoms in total. The molecule has 0 aliphatic heterocycles. The Balaban J connectivity index is 2.29. The molecule has 18 heavy (non-hydrogen) atoms. The molecule has 2 aromatic rings. The van der Waals surface area contributed by atoms with Crippen LogP contribution in [0, 0.1) is 6.92 Å². The number of rotatable bonds is 3. The monoisotopic (exact) mass is 257 g/mol. The first-order valence-corrected chi connectivity index (χ1v) is 6.88. The molecule has 0 saturated heterocycles. The van der Waals surface area contributed by atoms with Crippen LogP contribution in [0.15, 0.2) is 53.4 Å². The molecule has 2 rings (SSSR count). The second-order valence-corrected chi connectivity index (χ2v) is 5.11. The van der Waals surface area contributed by atoms with Crippen LogP contribution in [-0.2, 0) is 11.0 Å².